The van der Waals surface area contributed by atoms with Crippen molar-refractivity contribution < 1.29 is 9.90 Å². The molecule has 0 aromatic carbocycles. The van der Waals surface area contributed by atoms with E-state index in [0.29, 0.717) is 13.1 Å². The van der Waals surface area contributed by atoms with Gasteiger partial charge in [-0.1, -0.05) is 32.1 Å². The van der Waals surface area contributed by atoms with Crippen LogP contribution < -0.4 is 0 Å². The third kappa shape index (κ3) is 4.70. The number of fused-ring (bicyclic) bond motifs is 1. The van der Waals surface area contributed by atoms with E-state index >= 15 is 0 Å². The van der Waals surface area contributed by atoms with Gasteiger partial charge in [-0.2, -0.15) is 5.26 Å². The average molecular weight is 451 g/mol. The van der Waals surface area contributed by atoms with Gasteiger partial charge in [0.2, 0.25) is 5.82 Å². The summed E-state index contributed by atoms with van der Waals surface area (Å²) in [6.07, 6.45) is 12.0. The number of nitriles is 1. The molecule has 2 aromatic heterocycles. The van der Waals surface area contributed by atoms with Crippen molar-refractivity contribution in [2.45, 2.75) is 70.9 Å². The minimum atomic E-state index is -0.783. The number of aromatic nitrogens is 3. The van der Waals surface area contributed by atoms with E-state index in [1.165, 1.54) is 37.8 Å². The molecule has 0 radical (unpaired) electrons. The molecule has 3 fully saturated rings. The van der Waals surface area contributed by atoms with E-state index in [1.54, 1.807) is 11.1 Å². The van der Waals surface area contributed by atoms with E-state index in [9.17, 15) is 15.2 Å². The Morgan fingerprint density at radius 3 is 2.64 bits per heavy atom. The van der Waals surface area contributed by atoms with Gasteiger partial charge in [0, 0.05) is 43.5 Å². The van der Waals surface area contributed by atoms with Crippen LogP contribution in [-0.4, -0.2) is 61.7 Å². The maximum atomic E-state index is 11.4. The van der Waals surface area contributed by atoms with E-state index in [0.717, 1.165) is 68.8 Å². The standard InChI is InChI=1S/C25H34N6O2/c26-15-22-27-16-20-14-21(31(23(20)28-22)10-6-19-4-2-1-3-5-19)17-29-11-7-25(8-12-29)9-13-30(18-25)24(32)33/h14,16,19H,1-13,17-18H2,(H,32,33). The molecule has 176 valence electrons. The van der Waals surface area contributed by atoms with Crippen molar-refractivity contribution in [3.8, 4) is 6.07 Å². The van der Waals surface area contributed by atoms with Gasteiger partial charge in [0.1, 0.15) is 11.7 Å². The Morgan fingerprint density at radius 1 is 1.18 bits per heavy atom. The van der Waals surface area contributed by atoms with Crippen molar-refractivity contribution in [2.75, 3.05) is 26.2 Å². The Hall–Kier alpha value is -2.66. The molecule has 4 heterocycles. The zero-order chi connectivity index (χ0) is 22.8. The summed E-state index contributed by atoms with van der Waals surface area (Å²) in [4.78, 5) is 24.2. The summed E-state index contributed by atoms with van der Waals surface area (Å²) in [5, 5.41) is 19.7. The average Bonchev–Trinajstić information content (AvgIpc) is 3.41. The molecule has 0 unspecified atom stereocenters. The SMILES string of the molecule is N#Cc1ncc2cc(CN3CCC4(CC3)CCN(C(=O)O)C4)n(CCC3CCCCC3)c2n1. The molecule has 1 saturated carbocycles. The van der Waals surface area contributed by atoms with Gasteiger partial charge in [-0.25, -0.2) is 14.8 Å². The van der Waals surface area contributed by atoms with Gasteiger partial charge in [-0.3, -0.25) is 4.90 Å². The van der Waals surface area contributed by atoms with Crippen LogP contribution in [0, 0.1) is 22.7 Å². The highest BCUT2D eigenvalue weighted by Gasteiger charge is 2.42. The number of amides is 1. The lowest BCUT2D eigenvalue weighted by atomic mass is 9.78. The van der Waals surface area contributed by atoms with E-state index in [2.05, 4.69) is 31.6 Å². The summed E-state index contributed by atoms with van der Waals surface area (Å²) in [6.45, 7) is 5.15. The summed E-state index contributed by atoms with van der Waals surface area (Å²) >= 11 is 0. The van der Waals surface area contributed by atoms with Gasteiger partial charge in [-0.05, 0) is 56.2 Å². The smallest absolute Gasteiger partial charge is 0.407 e. The van der Waals surface area contributed by atoms with E-state index in [4.69, 9.17) is 0 Å². The third-order valence-corrected chi connectivity index (χ3v) is 8.32. The molecule has 0 atom stereocenters. The Bertz CT molecular complexity index is 1040. The maximum absolute atomic E-state index is 11.4. The van der Waals surface area contributed by atoms with Crippen LogP contribution in [0.5, 0.6) is 0 Å². The second-order valence-electron chi connectivity index (χ2n) is 10.4. The van der Waals surface area contributed by atoms with E-state index in [1.807, 2.05) is 0 Å². The van der Waals surface area contributed by atoms with Crippen molar-refractivity contribution in [1.82, 2.24) is 24.3 Å². The van der Waals surface area contributed by atoms with Gasteiger partial charge >= 0.3 is 6.09 Å². The molecular formula is C25H34N6O2. The van der Waals surface area contributed by atoms with Crippen LogP contribution in [0.3, 0.4) is 0 Å². The highest BCUT2D eigenvalue weighted by Crippen LogP contribution is 2.40. The monoisotopic (exact) mass is 450 g/mol. The number of piperidine rings is 1. The Labute approximate surface area is 195 Å². The normalized spacial score (nSPS) is 21.6. The van der Waals surface area contributed by atoms with Crippen molar-refractivity contribution in [3.05, 3.63) is 23.8 Å². The topological polar surface area (TPSA) is 98.3 Å². The molecule has 2 aliphatic heterocycles. The first-order chi connectivity index (χ1) is 16.0. The van der Waals surface area contributed by atoms with Crippen molar-refractivity contribution in [3.63, 3.8) is 0 Å². The second kappa shape index (κ2) is 9.30. The van der Waals surface area contributed by atoms with Gasteiger partial charge in [-0.15, -0.1) is 0 Å². The molecule has 1 spiro atoms. The number of nitrogens with zero attached hydrogens (tertiary/aromatic N) is 6. The third-order valence-electron chi connectivity index (χ3n) is 8.32. The van der Waals surface area contributed by atoms with Crippen LogP contribution >= 0.6 is 0 Å². The lowest BCUT2D eigenvalue weighted by Gasteiger charge is -2.39. The maximum Gasteiger partial charge on any atom is 0.407 e. The first-order valence-corrected chi connectivity index (χ1v) is 12.5. The molecule has 3 aliphatic rings. The number of carbonyl (C=O) groups is 1. The number of hydrogen-bond acceptors (Lipinski definition) is 5. The molecular weight excluding hydrogens is 416 g/mol. The Morgan fingerprint density at radius 2 is 1.94 bits per heavy atom. The second-order valence-corrected chi connectivity index (χ2v) is 10.4. The lowest BCUT2D eigenvalue weighted by Crippen LogP contribution is -2.42. The molecule has 2 aromatic rings. The van der Waals surface area contributed by atoms with Crippen LogP contribution in [0.25, 0.3) is 11.0 Å². The van der Waals surface area contributed by atoms with Crippen LogP contribution in [0.15, 0.2) is 12.3 Å². The number of carboxylic acid groups (broad SMARTS) is 1. The lowest BCUT2D eigenvalue weighted by molar-refractivity contribution is 0.0973. The predicted molar refractivity (Wildman–Crippen MR) is 125 cm³/mol. The highest BCUT2D eigenvalue weighted by molar-refractivity contribution is 5.77. The molecule has 1 aliphatic carbocycles. The fourth-order valence-corrected chi connectivity index (χ4v) is 6.24. The van der Waals surface area contributed by atoms with Gasteiger partial charge in [0.05, 0.1) is 0 Å². The van der Waals surface area contributed by atoms with Crippen LogP contribution in [0.1, 0.15) is 69.3 Å². The van der Waals surface area contributed by atoms with Crippen molar-refractivity contribution >= 4 is 17.1 Å². The van der Waals surface area contributed by atoms with Gasteiger partial charge in [0.25, 0.3) is 0 Å². The van der Waals surface area contributed by atoms with Crippen molar-refractivity contribution in [1.29, 1.82) is 5.26 Å². The van der Waals surface area contributed by atoms with Gasteiger partial charge < -0.3 is 14.6 Å². The van der Waals surface area contributed by atoms with E-state index < -0.39 is 6.09 Å². The quantitative estimate of drug-likeness (QED) is 0.732. The van der Waals surface area contributed by atoms with Crippen molar-refractivity contribution in [2.24, 2.45) is 11.3 Å². The fraction of sp³-hybridized carbons (Fsp3) is 0.680. The number of rotatable bonds is 5. The van der Waals surface area contributed by atoms with Crippen LogP contribution in [-0.2, 0) is 13.1 Å². The first-order valence-electron chi connectivity index (χ1n) is 12.5. The number of likely N-dealkylation sites (tertiary alicyclic amines) is 2. The minimum Gasteiger partial charge on any atom is -0.465 e. The fourth-order valence-electron chi connectivity index (χ4n) is 6.24. The molecule has 33 heavy (non-hydrogen) atoms. The molecule has 8 nitrogen and oxygen atoms in total. The van der Waals surface area contributed by atoms with E-state index in [-0.39, 0.29) is 11.2 Å². The highest BCUT2D eigenvalue weighted by atomic mass is 16.4. The molecule has 1 amide bonds. The van der Waals surface area contributed by atoms with Crippen LogP contribution in [0.4, 0.5) is 4.79 Å². The van der Waals surface area contributed by atoms with Crippen LogP contribution in [0.2, 0.25) is 0 Å². The first kappa shape index (κ1) is 22.1. The predicted octanol–water partition coefficient (Wildman–Crippen LogP) is 4.24. The summed E-state index contributed by atoms with van der Waals surface area (Å²) < 4.78 is 2.33. The number of aryl methyl sites for hydroxylation is 1. The zero-order valence-electron chi connectivity index (χ0n) is 19.4. The molecule has 8 heteroatoms. The molecule has 0 bridgehead atoms. The van der Waals surface area contributed by atoms with Gasteiger partial charge in [0.15, 0.2) is 0 Å². The molecule has 2 saturated heterocycles. The molecule has 5 rings (SSSR count). The largest absolute Gasteiger partial charge is 0.465 e. The summed E-state index contributed by atoms with van der Waals surface area (Å²) in [6, 6.07) is 4.29. The molecule has 1 N–H and O–H groups in total. The Balaban J connectivity index is 1.30. The summed E-state index contributed by atoms with van der Waals surface area (Å²) in [5.41, 5.74) is 2.30. The Kier molecular flexibility index (Phi) is 6.24. The minimum absolute atomic E-state index is 0.162. The number of hydrogen-bond donors (Lipinski definition) is 1. The zero-order valence-corrected chi connectivity index (χ0v) is 19.4. The summed E-state index contributed by atoms with van der Waals surface area (Å²) in [7, 11) is 0. The summed E-state index contributed by atoms with van der Waals surface area (Å²) in [5.74, 6) is 1.02.